The Morgan fingerprint density at radius 1 is 0.231 bits per heavy atom. The first kappa shape index (κ1) is 81.6. The highest BCUT2D eigenvalue weighted by atomic mass is 32.1. The Balaban J connectivity index is 1.12. The van der Waals surface area contributed by atoms with Crippen LogP contribution < -0.4 is 9.80 Å². The molecule has 2 aliphatic carbocycles. The van der Waals surface area contributed by atoms with Crippen LogP contribution in [0.1, 0.15) is 252 Å². The molecule has 0 amide bonds. The minimum absolute atomic E-state index is 0.0000243. The predicted molar refractivity (Wildman–Crippen MR) is 440 cm³/mol. The van der Waals surface area contributed by atoms with Crippen molar-refractivity contribution in [3.63, 3.8) is 0 Å². The zero-order valence-electron chi connectivity index (χ0n) is 67.0. The minimum Gasteiger partial charge on any atom is -0.302 e. The van der Waals surface area contributed by atoms with Crippen molar-refractivity contribution in [2.45, 2.75) is 273 Å². The second-order valence-electron chi connectivity index (χ2n) is 38.0. The van der Waals surface area contributed by atoms with Gasteiger partial charge in [-0.2, -0.15) is 52.7 Å². The summed E-state index contributed by atoms with van der Waals surface area (Å²) in [5.74, 6) is -34.8. The Labute approximate surface area is 653 Å². The van der Waals surface area contributed by atoms with Crippen molar-refractivity contribution in [2.75, 3.05) is 9.80 Å². The van der Waals surface area contributed by atoms with Crippen molar-refractivity contribution in [1.82, 2.24) is 0 Å². The molecule has 0 N–H and O–H groups in total. The number of hydrogen-bond acceptors (Lipinski definition) is 8. The van der Waals surface area contributed by atoms with E-state index >= 15 is 52.7 Å². The van der Waals surface area contributed by atoms with Crippen LogP contribution >= 0.6 is 68.0 Å². The fourth-order valence-electron chi connectivity index (χ4n) is 14.5. The van der Waals surface area contributed by atoms with Crippen LogP contribution in [-0.2, 0) is 43.3 Å². The first-order valence-electron chi connectivity index (χ1n) is 36.4. The van der Waals surface area contributed by atoms with E-state index in [1.807, 2.05) is 9.80 Å². The molecule has 6 aromatic heterocycles. The number of halogens is 12. The summed E-state index contributed by atoms with van der Waals surface area (Å²) in [5.41, 5.74) is -2.23. The monoisotopic (exact) mass is 1600 g/mol. The van der Waals surface area contributed by atoms with Crippen LogP contribution in [0, 0.1) is 27.7 Å². The van der Waals surface area contributed by atoms with E-state index in [0.29, 0.717) is 64.8 Å². The smallest absolute Gasteiger partial charge is 0.302 e. The molecule has 108 heavy (non-hydrogen) atoms. The number of fused-ring (bicyclic) bond motifs is 3. The Kier molecular flexibility index (Phi) is 19.1. The first-order chi connectivity index (χ1) is 48.8. The molecule has 0 unspecified atom stereocenters. The number of anilines is 6. The van der Waals surface area contributed by atoms with Gasteiger partial charge in [0.05, 0.1) is 18.8 Å². The number of benzene rings is 4. The van der Waals surface area contributed by atoms with Gasteiger partial charge in [-0.05, 0) is 176 Å². The maximum Gasteiger partial charge on any atom is 0.380 e. The molecule has 6 heterocycles. The number of aryl methyl sites for hydroxylation is 4. The average molecular weight is 1600 g/mol. The van der Waals surface area contributed by atoms with E-state index < -0.39 is 89.5 Å². The topological polar surface area (TPSA) is 6.48 Å². The Morgan fingerprint density at radius 2 is 0.407 bits per heavy atom. The Morgan fingerprint density at radius 3 is 0.593 bits per heavy atom. The summed E-state index contributed by atoms with van der Waals surface area (Å²) in [7, 11) is 0. The molecule has 580 valence electrons. The van der Waals surface area contributed by atoms with Crippen LogP contribution in [0.25, 0.3) is 50.5 Å². The van der Waals surface area contributed by atoms with Gasteiger partial charge in [-0.25, -0.2) is 0 Å². The van der Waals surface area contributed by atoms with Gasteiger partial charge >= 0.3 is 35.5 Å². The molecule has 0 spiro atoms. The molecular formula is C88H98F12N2S6. The maximum atomic E-state index is 17.8. The van der Waals surface area contributed by atoms with Crippen molar-refractivity contribution in [3.8, 4) is 0 Å². The Bertz CT molecular complexity index is 4770. The van der Waals surface area contributed by atoms with Crippen LogP contribution in [0.15, 0.2) is 84.9 Å². The van der Waals surface area contributed by atoms with E-state index in [0.717, 1.165) is 89.9 Å². The minimum atomic E-state index is -6.11. The molecule has 20 heteroatoms. The van der Waals surface area contributed by atoms with E-state index in [1.165, 1.54) is 27.7 Å². The summed E-state index contributed by atoms with van der Waals surface area (Å²) in [6, 6.07) is 28.6. The zero-order valence-corrected chi connectivity index (χ0v) is 71.9. The lowest BCUT2D eigenvalue weighted by Gasteiger charge is -2.33. The fourth-order valence-corrected chi connectivity index (χ4v) is 22.4. The zero-order chi connectivity index (χ0) is 80.8. The van der Waals surface area contributed by atoms with E-state index in [1.54, 1.807) is 12.1 Å². The number of hydrogen-bond donors (Lipinski definition) is 0. The van der Waals surface area contributed by atoms with Crippen molar-refractivity contribution < 1.29 is 52.7 Å². The van der Waals surface area contributed by atoms with Crippen molar-refractivity contribution >= 4 is 151 Å². The molecule has 0 bridgehead atoms. The fraction of sp³-hybridized carbons (Fsp3) is 0.477. The van der Waals surface area contributed by atoms with Crippen LogP contribution in [0.5, 0.6) is 0 Å². The standard InChI is InChI=1S/C88H98F12N2S6/c1-43-63(71-59(103-43)41-61(107-71)101(55-33-47(75(5,6)7)29-48(34-55)76(8,9)10)56-35-49(77(11,12)13)30-50(36-56)78(14,15)16)67-69(85(93,94)87(97,98)83(67,89)90)65-45(3)105-74-66(46(4)106-73(65)74)70-68(84(91,92)88(99,100)86(70,95)96)64-44(2)104-60-42-62(108-72(60)64)102(57-37-51(79(17,18)19)31-52(38-57)80(20,21)22)58-39-53(81(23,24)25)32-54(40-58)82(26,27)28/h29-42H,1-28H3. The summed E-state index contributed by atoms with van der Waals surface area (Å²) in [6.45, 7) is 55.3. The molecule has 0 atom stereocenters. The average Bonchev–Trinajstić information content (AvgIpc) is 1.51. The number of thiophene rings is 6. The van der Waals surface area contributed by atoms with Gasteiger partial charge in [0, 0.05) is 96.2 Å². The van der Waals surface area contributed by atoms with E-state index in [9.17, 15) is 0 Å². The molecule has 2 aliphatic rings. The lowest BCUT2D eigenvalue weighted by atomic mass is 9.79. The largest absolute Gasteiger partial charge is 0.380 e. The van der Waals surface area contributed by atoms with Crippen LogP contribution in [0.2, 0.25) is 0 Å². The summed E-state index contributed by atoms with van der Waals surface area (Å²) >= 11 is 4.74. The highest BCUT2D eigenvalue weighted by Crippen LogP contribution is 2.71. The second kappa shape index (κ2) is 25.3. The third kappa shape index (κ3) is 13.1. The van der Waals surface area contributed by atoms with Gasteiger partial charge in [0.1, 0.15) is 10.0 Å². The summed E-state index contributed by atoms with van der Waals surface area (Å²) in [5, 5.41) is 0.906. The van der Waals surface area contributed by atoms with E-state index in [2.05, 4.69) is 239 Å². The van der Waals surface area contributed by atoms with Gasteiger partial charge in [0.25, 0.3) is 0 Å². The van der Waals surface area contributed by atoms with E-state index in [4.69, 9.17) is 0 Å². The van der Waals surface area contributed by atoms with Crippen molar-refractivity contribution in [3.05, 3.63) is 171 Å². The molecule has 0 saturated carbocycles. The van der Waals surface area contributed by atoms with Crippen LogP contribution in [-0.4, -0.2) is 35.5 Å². The van der Waals surface area contributed by atoms with Crippen molar-refractivity contribution in [2.24, 2.45) is 0 Å². The lowest BCUT2D eigenvalue weighted by Crippen LogP contribution is -2.49. The van der Waals surface area contributed by atoms with Gasteiger partial charge in [-0.3, -0.25) is 0 Å². The number of allylic oxidation sites excluding steroid dienone is 4. The normalized spacial score (nSPS) is 17.8. The summed E-state index contributed by atoms with van der Waals surface area (Å²) < 4.78 is 210. The van der Waals surface area contributed by atoms with E-state index in [-0.39, 0.29) is 72.2 Å². The second-order valence-corrected chi connectivity index (χ2v) is 45.1. The van der Waals surface area contributed by atoms with Gasteiger partial charge < -0.3 is 9.80 Å². The van der Waals surface area contributed by atoms with Crippen LogP contribution in [0.3, 0.4) is 0 Å². The third-order valence-electron chi connectivity index (χ3n) is 21.3. The summed E-state index contributed by atoms with van der Waals surface area (Å²) in [4.78, 5) is 3.34. The van der Waals surface area contributed by atoms with Crippen LogP contribution in [0.4, 0.5) is 85.4 Å². The molecule has 12 rings (SSSR count). The SMILES string of the molecule is Cc1sc2cc(N(c3cc(C(C)(C)C)cc(C(C)(C)C)c3)c3cc(C(C)(C)C)cc(C(C)(C)C)c3)sc2c1C1=C(c2c(C)sc3c(C4=C(c5c(C)sc6cc(N(c7cc(C(C)(C)C)cc(C(C)(C)C)c7)c7cc(C(C)(C)C)cc(C(C)(C)C)c7)sc56)C(F)(F)C(F)(F)C4(F)F)c(C)sc23)C(F)(F)C(F)(F)C1(F)F. The third-order valence-corrected chi connectivity index (χ3v) is 28.3. The van der Waals surface area contributed by atoms with Gasteiger partial charge in [-0.15, -0.1) is 68.0 Å². The first-order valence-corrected chi connectivity index (χ1v) is 41.3. The molecule has 10 aromatic rings. The molecule has 0 saturated heterocycles. The molecule has 0 radical (unpaired) electrons. The highest BCUT2D eigenvalue weighted by Gasteiger charge is 2.82. The van der Waals surface area contributed by atoms with Gasteiger partial charge in [0.2, 0.25) is 0 Å². The van der Waals surface area contributed by atoms with Crippen molar-refractivity contribution in [1.29, 1.82) is 0 Å². The molecule has 0 aliphatic heterocycles. The highest BCUT2D eigenvalue weighted by molar-refractivity contribution is 7.31. The maximum absolute atomic E-state index is 17.8. The number of nitrogens with zero attached hydrogens (tertiary/aromatic N) is 2. The lowest BCUT2D eigenvalue weighted by molar-refractivity contribution is -0.254. The summed E-state index contributed by atoms with van der Waals surface area (Å²) in [6.07, 6.45) is 0. The molecular weight excluding hydrogens is 1510 g/mol. The molecule has 4 aromatic carbocycles. The molecule has 2 nitrogen and oxygen atoms in total. The van der Waals surface area contributed by atoms with Gasteiger partial charge in [-0.1, -0.05) is 190 Å². The molecule has 0 fully saturated rings. The number of alkyl halides is 12. The predicted octanol–water partition coefficient (Wildman–Crippen LogP) is 31.7. The van der Waals surface area contributed by atoms with Gasteiger partial charge in [0.15, 0.2) is 0 Å². The number of rotatable bonds is 10. The Hall–Kier alpha value is -5.90. The quantitative estimate of drug-likeness (QED) is 0.126.